The Bertz CT molecular complexity index is 1240. The summed E-state index contributed by atoms with van der Waals surface area (Å²) in [6.45, 7) is 2.35. The largest absolute Gasteiger partial charge is 0.497 e. The fourth-order valence-corrected chi connectivity index (χ4v) is 4.61. The van der Waals surface area contributed by atoms with Crippen molar-refractivity contribution in [3.8, 4) is 17.0 Å². The lowest BCUT2D eigenvalue weighted by Gasteiger charge is -2.35. The van der Waals surface area contributed by atoms with Gasteiger partial charge in [-0.1, -0.05) is 0 Å². The fraction of sp³-hybridized carbons (Fsp3) is 0.292. The van der Waals surface area contributed by atoms with Gasteiger partial charge < -0.3 is 14.5 Å². The third-order valence-corrected chi connectivity index (χ3v) is 7.64. The molecule has 10 heteroatoms. The maximum atomic E-state index is 12.9. The van der Waals surface area contributed by atoms with Gasteiger partial charge in [0.05, 0.1) is 17.7 Å². The second kappa shape index (κ2) is 9.78. The number of rotatable bonds is 6. The molecule has 3 aromatic rings. The lowest BCUT2D eigenvalue weighted by Crippen LogP contribution is -2.49. The number of benzene rings is 2. The van der Waals surface area contributed by atoms with Crippen molar-refractivity contribution in [2.75, 3.05) is 52.3 Å². The molecule has 0 saturated carbocycles. The zero-order chi connectivity index (χ0) is 24.3. The van der Waals surface area contributed by atoms with Gasteiger partial charge in [-0.05, 0) is 60.7 Å². The summed E-state index contributed by atoms with van der Waals surface area (Å²) >= 11 is 0. The first-order valence-electron chi connectivity index (χ1n) is 10.8. The number of anilines is 1. The van der Waals surface area contributed by atoms with Crippen molar-refractivity contribution < 1.29 is 17.9 Å². The zero-order valence-electron chi connectivity index (χ0n) is 19.4. The smallest absolute Gasteiger partial charge is 0.253 e. The summed E-state index contributed by atoms with van der Waals surface area (Å²) in [5.74, 6) is 1.44. The number of carbonyl (C=O) groups is 1. The summed E-state index contributed by atoms with van der Waals surface area (Å²) in [6, 6.07) is 17.6. The van der Waals surface area contributed by atoms with Crippen molar-refractivity contribution in [1.29, 1.82) is 0 Å². The maximum absolute atomic E-state index is 12.9. The normalized spacial score (nSPS) is 14.4. The van der Waals surface area contributed by atoms with Gasteiger partial charge in [-0.3, -0.25) is 4.79 Å². The van der Waals surface area contributed by atoms with E-state index in [9.17, 15) is 13.2 Å². The van der Waals surface area contributed by atoms with E-state index in [1.54, 1.807) is 24.1 Å². The van der Waals surface area contributed by atoms with Crippen LogP contribution in [0.15, 0.2) is 65.6 Å². The minimum absolute atomic E-state index is 0.116. The van der Waals surface area contributed by atoms with E-state index in [1.807, 2.05) is 36.4 Å². The molecule has 1 aliphatic rings. The minimum Gasteiger partial charge on any atom is -0.497 e. The summed E-state index contributed by atoms with van der Waals surface area (Å²) in [5, 5.41) is 8.73. The van der Waals surface area contributed by atoms with Gasteiger partial charge in [0.15, 0.2) is 5.82 Å². The average molecular weight is 482 g/mol. The first-order valence-corrected chi connectivity index (χ1v) is 12.3. The number of methoxy groups -OCH3 is 1. The third-order valence-electron chi connectivity index (χ3n) is 5.81. The Morgan fingerprint density at radius 3 is 2.06 bits per heavy atom. The molecule has 0 bridgehead atoms. The Labute approximate surface area is 199 Å². The Morgan fingerprint density at radius 2 is 1.53 bits per heavy atom. The molecule has 2 heterocycles. The molecular weight excluding hydrogens is 454 g/mol. The van der Waals surface area contributed by atoms with Crippen molar-refractivity contribution >= 4 is 21.7 Å². The van der Waals surface area contributed by atoms with Crippen LogP contribution in [0.3, 0.4) is 0 Å². The van der Waals surface area contributed by atoms with Gasteiger partial charge in [0, 0.05) is 51.4 Å². The van der Waals surface area contributed by atoms with Gasteiger partial charge in [-0.15, -0.1) is 10.2 Å². The van der Waals surface area contributed by atoms with Crippen LogP contribution in [0, 0.1) is 0 Å². The highest BCUT2D eigenvalue weighted by atomic mass is 32.2. The zero-order valence-corrected chi connectivity index (χ0v) is 20.2. The number of carbonyl (C=O) groups excluding carboxylic acids is 1. The molecule has 1 saturated heterocycles. The molecule has 2 aromatic carbocycles. The van der Waals surface area contributed by atoms with E-state index in [1.165, 1.54) is 26.2 Å². The summed E-state index contributed by atoms with van der Waals surface area (Å²) in [6.07, 6.45) is 0. The monoisotopic (exact) mass is 481 g/mol. The van der Waals surface area contributed by atoms with E-state index in [-0.39, 0.29) is 10.8 Å². The van der Waals surface area contributed by atoms with Gasteiger partial charge in [0.2, 0.25) is 10.0 Å². The second-order valence-electron chi connectivity index (χ2n) is 8.10. The molecule has 0 radical (unpaired) electrons. The predicted octanol–water partition coefficient (Wildman–Crippen LogP) is 2.36. The fourth-order valence-electron chi connectivity index (χ4n) is 3.71. The van der Waals surface area contributed by atoms with Crippen molar-refractivity contribution in [1.82, 2.24) is 19.4 Å². The van der Waals surface area contributed by atoms with Crippen LogP contribution >= 0.6 is 0 Å². The summed E-state index contributed by atoms with van der Waals surface area (Å²) in [4.78, 5) is 16.9. The quantitative estimate of drug-likeness (QED) is 0.533. The molecule has 178 valence electrons. The van der Waals surface area contributed by atoms with E-state index >= 15 is 0 Å². The number of ether oxygens (including phenoxy) is 1. The standard InChI is InChI=1S/C24H27N5O4S/c1-27(2)34(31,32)21-10-6-19(7-11-21)24(30)29-16-14-28(15-17-29)23-13-12-22(25-26-23)18-4-8-20(33-3)9-5-18/h4-13H,14-17H2,1-3H3. The highest BCUT2D eigenvalue weighted by Crippen LogP contribution is 2.22. The molecule has 1 amide bonds. The Kier molecular flexibility index (Phi) is 6.80. The molecule has 1 aromatic heterocycles. The molecule has 0 aliphatic carbocycles. The van der Waals surface area contributed by atoms with E-state index in [0.717, 1.165) is 27.1 Å². The van der Waals surface area contributed by atoms with Crippen LogP contribution in [0.2, 0.25) is 0 Å². The van der Waals surface area contributed by atoms with Crippen molar-refractivity contribution in [3.63, 3.8) is 0 Å². The number of hydrogen-bond acceptors (Lipinski definition) is 7. The van der Waals surface area contributed by atoms with Gasteiger partial charge in [0.1, 0.15) is 5.75 Å². The van der Waals surface area contributed by atoms with Gasteiger partial charge in [0.25, 0.3) is 5.91 Å². The lowest BCUT2D eigenvalue weighted by atomic mass is 10.1. The van der Waals surface area contributed by atoms with Crippen molar-refractivity contribution in [2.24, 2.45) is 0 Å². The van der Waals surface area contributed by atoms with E-state index < -0.39 is 10.0 Å². The van der Waals surface area contributed by atoms with Crippen LogP contribution in [0.25, 0.3) is 11.3 Å². The summed E-state index contributed by atoms with van der Waals surface area (Å²) in [7, 11) is 1.06. The molecule has 34 heavy (non-hydrogen) atoms. The van der Waals surface area contributed by atoms with Gasteiger partial charge in [-0.2, -0.15) is 0 Å². The van der Waals surface area contributed by atoms with Crippen LogP contribution in [-0.4, -0.2) is 81.1 Å². The molecule has 4 rings (SSSR count). The highest BCUT2D eigenvalue weighted by Gasteiger charge is 2.24. The highest BCUT2D eigenvalue weighted by molar-refractivity contribution is 7.89. The van der Waals surface area contributed by atoms with E-state index in [0.29, 0.717) is 31.7 Å². The van der Waals surface area contributed by atoms with Crippen molar-refractivity contribution in [2.45, 2.75) is 4.90 Å². The van der Waals surface area contributed by atoms with Crippen molar-refractivity contribution in [3.05, 3.63) is 66.2 Å². The van der Waals surface area contributed by atoms with Crippen LogP contribution in [0.4, 0.5) is 5.82 Å². The van der Waals surface area contributed by atoms with Gasteiger partial charge in [-0.25, -0.2) is 12.7 Å². The van der Waals surface area contributed by atoms with Crippen LogP contribution < -0.4 is 9.64 Å². The molecular formula is C24H27N5O4S. The molecule has 0 spiro atoms. The minimum atomic E-state index is -3.52. The van der Waals surface area contributed by atoms with E-state index in [2.05, 4.69) is 15.1 Å². The third kappa shape index (κ3) is 4.87. The number of piperazine rings is 1. The Balaban J connectivity index is 1.37. The first-order chi connectivity index (χ1) is 16.3. The predicted molar refractivity (Wildman–Crippen MR) is 129 cm³/mol. The summed E-state index contributed by atoms with van der Waals surface area (Å²) < 4.78 is 30.8. The second-order valence-corrected chi connectivity index (χ2v) is 10.2. The number of sulfonamides is 1. The van der Waals surface area contributed by atoms with Crippen LogP contribution in [-0.2, 0) is 10.0 Å². The topological polar surface area (TPSA) is 95.9 Å². The molecule has 0 N–H and O–H groups in total. The molecule has 0 atom stereocenters. The molecule has 1 aliphatic heterocycles. The summed E-state index contributed by atoms with van der Waals surface area (Å²) in [5.41, 5.74) is 2.20. The van der Waals surface area contributed by atoms with E-state index in [4.69, 9.17) is 4.74 Å². The molecule has 9 nitrogen and oxygen atoms in total. The molecule has 0 unspecified atom stereocenters. The van der Waals surface area contributed by atoms with Crippen LogP contribution in [0.1, 0.15) is 10.4 Å². The molecule has 1 fully saturated rings. The van der Waals surface area contributed by atoms with Crippen LogP contribution in [0.5, 0.6) is 5.75 Å². The maximum Gasteiger partial charge on any atom is 0.253 e. The number of aromatic nitrogens is 2. The SMILES string of the molecule is COc1ccc(-c2ccc(N3CCN(C(=O)c4ccc(S(=O)(=O)N(C)C)cc4)CC3)nn2)cc1. The Morgan fingerprint density at radius 1 is 0.882 bits per heavy atom. The number of hydrogen-bond donors (Lipinski definition) is 0. The number of amides is 1. The first kappa shape index (κ1) is 23.7. The Hall–Kier alpha value is -3.50. The van der Waals surface area contributed by atoms with Gasteiger partial charge >= 0.3 is 0 Å². The average Bonchev–Trinajstić information content (AvgIpc) is 2.88. The number of nitrogens with zero attached hydrogens (tertiary/aromatic N) is 5. The lowest BCUT2D eigenvalue weighted by molar-refractivity contribution is 0.0746.